The van der Waals surface area contributed by atoms with Crippen LogP contribution in [0.2, 0.25) is 5.02 Å². The molecule has 4 aromatic rings. The third kappa shape index (κ3) is 4.12. The van der Waals surface area contributed by atoms with E-state index in [1.54, 1.807) is 6.07 Å². The van der Waals surface area contributed by atoms with Crippen molar-refractivity contribution in [3.63, 3.8) is 0 Å². The minimum atomic E-state index is -0.201. The lowest BCUT2D eigenvalue weighted by molar-refractivity contribution is 0.978. The molecule has 0 saturated carbocycles. The van der Waals surface area contributed by atoms with Gasteiger partial charge in [-0.15, -0.1) is 0 Å². The molecule has 0 aliphatic carbocycles. The summed E-state index contributed by atoms with van der Waals surface area (Å²) in [5.41, 5.74) is 4.85. The van der Waals surface area contributed by atoms with Gasteiger partial charge < -0.3 is 0 Å². The number of benzene rings is 2. The van der Waals surface area contributed by atoms with E-state index in [-0.39, 0.29) is 5.56 Å². The number of rotatable bonds is 4. The molecule has 4 rings (SSSR count). The number of nitrogens with zero attached hydrogens (tertiary/aromatic N) is 3. The van der Waals surface area contributed by atoms with Gasteiger partial charge in [-0.05, 0) is 50.6 Å². The van der Waals surface area contributed by atoms with Crippen molar-refractivity contribution in [1.82, 2.24) is 19.9 Å². The second kappa shape index (κ2) is 7.64. The number of hydrogen-bond acceptors (Lipinski definition) is 5. The fourth-order valence-electron chi connectivity index (χ4n) is 3.29. The molecule has 0 atom stereocenters. The Bertz CT molecular complexity index is 1280. The van der Waals surface area contributed by atoms with Crippen molar-refractivity contribution >= 4 is 34.4 Å². The topological polar surface area (TPSA) is 83.6 Å². The van der Waals surface area contributed by atoms with Crippen LogP contribution in [0.4, 0.5) is 11.9 Å². The van der Waals surface area contributed by atoms with Gasteiger partial charge in [-0.1, -0.05) is 35.4 Å². The Morgan fingerprint density at radius 3 is 2.59 bits per heavy atom. The molecule has 0 amide bonds. The van der Waals surface area contributed by atoms with Crippen LogP contribution in [-0.4, -0.2) is 19.9 Å². The van der Waals surface area contributed by atoms with Crippen LogP contribution in [-0.2, 0) is 6.42 Å². The molecule has 2 heterocycles. The molecule has 0 spiro atoms. The number of hydrogen-bond donors (Lipinski definition) is 2. The Hall–Kier alpha value is -3.25. The van der Waals surface area contributed by atoms with E-state index in [1.807, 2.05) is 51.1 Å². The molecule has 0 fully saturated rings. The first-order chi connectivity index (χ1) is 13.9. The van der Waals surface area contributed by atoms with Crippen LogP contribution in [0.1, 0.15) is 28.1 Å². The van der Waals surface area contributed by atoms with E-state index in [9.17, 15) is 4.79 Å². The van der Waals surface area contributed by atoms with Gasteiger partial charge in [-0.3, -0.25) is 15.1 Å². The predicted molar refractivity (Wildman–Crippen MR) is 116 cm³/mol. The Morgan fingerprint density at radius 1 is 1.00 bits per heavy atom. The highest BCUT2D eigenvalue weighted by Gasteiger charge is 2.11. The molecular formula is C22H20ClN5O. The molecule has 2 aromatic carbocycles. The normalized spacial score (nSPS) is 11.0. The van der Waals surface area contributed by atoms with E-state index in [0.717, 1.165) is 27.7 Å². The minimum absolute atomic E-state index is 0.201. The van der Waals surface area contributed by atoms with E-state index < -0.39 is 0 Å². The lowest BCUT2D eigenvalue weighted by Crippen LogP contribution is -2.19. The molecule has 2 aromatic heterocycles. The van der Waals surface area contributed by atoms with Crippen molar-refractivity contribution in [2.75, 3.05) is 5.32 Å². The van der Waals surface area contributed by atoms with Crippen molar-refractivity contribution < 1.29 is 0 Å². The summed E-state index contributed by atoms with van der Waals surface area (Å²) in [6.45, 7) is 5.78. The third-order valence-corrected chi connectivity index (χ3v) is 5.00. The second-order valence-corrected chi connectivity index (χ2v) is 7.50. The number of anilines is 2. The van der Waals surface area contributed by atoms with Crippen LogP contribution in [0.3, 0.4) is 0 Å². The summed E-state index contributed by atoms with van der Waals surface area (Å²) in [5.74, 6) is 0.706. The Labute approximate surface area is 173 Å². The molecule has 7 heteroatoms. The van der Waals surface area contributed by atoms with Crippen LogP contribution in [0.5, 0.6) is 0 Å². The summed E-state index contributed by atoms with van der Waals surface area (Å²) in [6, 6.07) is 13.5. The number of nitrogens with one attached hydrogen (secondary N) is 2. The molecule has 0 radical (unpaired) electrons. The molecule has 146 valence electrons. The second-order valence-electron chi connectivity index (χ2n) is 7.06. The van der Waals surface area contributed by atoms with Gasteiger partial charge in [0.25, 0.3) is 5.56 Å². The van der Waals surface area contributed by atoms with Crippen molar-refractivity contribution in [2.24, 2.45) is 0 Å². The van der Waals surface area contributed by atoms with E-state index in [1.165, 1.54) is 0 Å². The Balaban J connectivity index is 1.64. The van der Waals surface area contributed by atoms with Gasteiger partial charge in [0.2, 0.25) is 11.9 Å². The summed E-state index contributed by atoms with van der Waals surface area (Å²) in [5, 5.41) is 4.67. The SMILES string of the molecule is Cc1ccc2nc(Nc3nc(C)c(Cc4cccc(Cl)c4)c(=O)[nH]3)nc(C)c2c1. The van der Waals surface area contributed by atoms with Gasteiger partial charge in [-0.2, -0.15) is 0 Å². The third-order valence-electron chi connectivity index (χ3n) is 4.76. The van der Waals surface area contributed by atoms with Gasteiger partial charge in [0, 0.05) is 22.4 Å². The summed E-state index contributed by atoms with van der Waals surface area (Å²) < 4.78 is 0. The number of fused-ring (bicyclic) bond motifs is 1. The van der Waals surface area contributed by atoms with Crippen molar-refractivity contribution in [3.8, 4) is 0 Å². The maximum atomic E-state index is 12.6. The molecule has 2 N–H and O–H groups in total. The molecule has 0 bridgehead atoms. The monoisotopic (exact) mass is 405 g/mol. The zero-order valence-corrected chi connectivity index (χ0v) is 17.1. The molecule has 0 aliphatic heterocycles. The van der Waals surface area contributed by atoms with Gasteiger partial charge in [0.05, 0.1) is 16.9 Å². The number of aromatic nitrogens is 4. The standard InChI is InChI=1S/C22H20ClN5O/c1-12-7-8-19-17(9-12)13(2)24-21(26-19)28-22-25-14(3)18(20(29)27-22)11-15-5-4-6-16(23)10-15/h4-10H,11H2,1-3H3,(H2,24,25,26,27,28,29). The quantitative estimate of drug-likeness (QED) is 0.517. The first-order valence-corrected chi connectivity index (χ1v) is 9.63. The van der Waals surface area contributed by atoms with E-state index in [4.69, 9.17) is 11.6 Å². The van der Waals surface area contributed by atoms with Crippen LogP contribution in [0.15, 0.2) is 47.3 Å². The van der Waals surface area contributed by atoms with Crippen LogP contribution in [0.25, 0.3) is 10.9 Å². The zero-order chi connectivity index (χ0) is 20.5. The molecule has 29 heavy (non-hydrogen) atoms. The highest BCUT2D eigenvalue weighted by Crippen LogP contribution is 2.20. The summed E-state index contributed by atoms with van der Waals surface area (Å²) in [4.78, 5) is 29.0. The largest absolute Gasteiger partial charge is 0.294 e. The highest BCUT2D eigenvalue weighted by atomic mass is 35.5. The predicted octanol–water partition coefficient (Wildman–Crippen LogP) is 4.63. The van der Waals surface area contributed by atoms with E-state index in [0.29, 0.717) is 34.6 Å². The zero-order valence-electron chi connectivity index (χ0n) is 16.4. The van der Waals surface area contributed by atoms with E-state index in [2.05, 4.69) is 31.3 Å². The number of aryl methyl sites for hydroxylation is 3. The average Bonchev–Trinajstić information content (AvgIpc) is 2.65. The van der Waals surface area contributed by atoms with Gasteiger partial charge in [0.1, 0.15) is 0 Å². The summed E-state index contributed by atoms with van der Waals surface area (Å²) in [7, 11) is 0. The molecule has 0 aliphatic rings. The minimum Gasteiger partial charge on any atom is -0.294 e. The first-order valence-electron chi connectivity index (χ1n) is 9.25. The first kappa shape index (κ1) is 19.1. The fraction of sp³-hybridized carbons (Fsp3) is 0.182. The van der Waals surface area contributed by atoms with Crippen LogP contribution >= 0.6 is 11.6 Å². The van der Waals surface area contributed by atoms with Crippen molar-refractivity contribution in [2.45, 2.75) is 27.2 Å². The molecule has 0 saturated heterocycles. The molecule has 0 unspecified atom stereocenters. The summed E-state index contributed by atoms with van der Waals surface area (Å²) in [6.07, 6.45) is 0.458. The van der Waals surface area contributed by atoms with Gasteiger partial charge in [0.15, 0.2) is 0 Å². The Morgan fingerprint density at radius 2 is 1.83 bits per heavy atom. The number of aromatic amines is 1. The molecule has 6 nitrogen and oxygen atoms in total. The molecular weight excluding hydrogens is 386 g/mol. The lowest BCUT2D eigenvalue weighted by Gasteiger charge is -2.10. The van der Waals surface area contributed by atoms with Gasteiger partial charge in [-0.25, -0.2) is 15.0 Å². The fourth-order valence-corrected chi connectivity index (χ4v) is 3.50. The highest BCUT2D eigenvalue weighted by molar-refractivity contribution is 6.30. The maximum Gasteiger partial charge on any atom is 0.256 e. The number of H-pyrrole nitrogens is 1. The smallest absolute Gasteiger partial charge is 0.256 e. The summed E-state index contributed by atoms with van der Waals surface area (Å²) >= 11 is 6.04. The average molecular weight is 406 g/mol. The van der Waals surface area contributed by atoms with Crippen molar-refractivity contribution in [1.29, 1.82) is 0 Å². The van der Waals surface area contributed by atoms with Crippen LogP contribution in [0, 0.1) is 20.8 Å². The maximum absolute atomic E-state index is 12.6. The number of halogens is 1. The lowest BCUT2D eigenvalue weighted by atomic mass is 10.1. The van der Waals surface area contributed by atoms with Crippen molar-refractivity contribution in [3.05, 3.63) is 85.9 Å². The van der Waals surface area contributed by atoms with Gasteiger partial charge >= 0.3 is 0 Å². The Kier molecular flexibility index (Phi) is 5.03. The van der Waals surface area contributed by atoms with Crippen LogP contribution < -0.4 is 10.9 Å². The van der Waals surface area contributed by atoms with E-state index >= 15 is 0 Å².